The molecule has 120 valence electrons. The van der Waals surface area contributed by atoms with Gasteiger partial charge in [-0.2, -0.15) is 5.10 Å². The van der Waals surface area contributed by atoms with Crippen molar-refractivity contribution in [2.75, 3.05) is 19.8 Å². The van der Waals surface area contributed by atoms with Gasteiger partial charge < -0.3 is 10.1 Å². The van der Waals surface area contributed by atoms with Gasteiger partial charge in [-0.3, -0.25) is 4.68 Å². The van der Waals surface area contributed by atoms with Crippen LogP contribution in [0.4, 0.5) is 0 Å². The standard InChI is InChI=1S/C17H31N3O/c1-4-9-18-17(14-8-11-21-13-14)12-15-7-10-20(19-15)16(5-2)6-3/h7,10,14,16-18H,4-6,8-9,11-13H2,1-3H3. The van der Waals surface area contributed by atoms with Gasteiger partial charge in [-0.15, -0.1) is 0 Å². The Bertz CT molecular complexity index is 394. The smallest absolute Gasteiger partial charge is 0.0640 e. The van der Waals surface area contributed by atoms with Crippen molar-refractivity contribution in [3.05, 3.63) is 18.0 Å². The molecule has 0 radical (unpaired) electrons. The maximum Gasteiger partial charge on any atom is 0.0640 e. The zero-order valence-electron chi connectivity index (χ0n) is 13.8. The van der Waals surface area contributed by atoms with E-state index in [2.05, 4.69) is 43.0 Å². The van der Waals surface area contributed by atoms with E-state index in [-0.39, 0.29) is 0 Å². The average molecular weight is 293 g/mol. The predicted molar refractivity (Wildman–Crippen MR) is 86.6 cm³/mol. The van der Waals surface area contributed by atoms with Crippen LogP contribution in [0.2, 0.25) is 0 Å². The molecule has 1 N–H and O–H groups in total. The summed E-state index contributed by atoms with van der Waals surface area (Å²) in [6.45, 7) is 9.57. The summed E-state index contributed by atoms with van der Waals surface area (Å²) in [5, 5.41) is 8.50. The van der Waals surface area contributed by atoms with Crippen molar-refractivity contribution in [1.82, 2.24) is 15.1 Å². The summed E-state index contributed by atoms with van der Waals surface area (Å²) in [6, 6.07) is 3.22. The van der Waals surface area contributed by atoms with Gasteiger partial charge in [0.25, 0.3) is 0 Å². The minimum Gasteiger partial charge on any atom is -0.381 e. The van der Waals surface area contributed by atoms with Crippen LogP contribution in [0.5, 0.6) is 0 Å². The van der Waals surface area contributed by atoms with Crippen LogP contribution in [0.1, 0.15) is 58.2 Å². The van der Waals surface area contributed by atoms with Crippen molar-refractivity contribution in [3.63, 3.8) is 0 Å². The lowest BCUT2D eigenvalue weighted by atomic mass is 9.95. The summed E-state index contributed by atoms with van der Waals surface area (Å²) in [6.07, 6.45) is 7.80. The number of hydrogen-bond acceptors (Lipinski definition) is 3. The molecule has 1 saturated heterocycles. The van der Waals surface area contributed by atoms with Gasteiger partial charge >= 0.3 is 0 Å². The molecule has 1 aliphatic rings. The van der Waals surface area contributed by atoms with Crippen LogP contribution < -0.4 is 5.32 Å². The van der Waals surface area contributed by atoms with Crippen molar-refractivity contribution >= 4 is 0 Å². The van der Waals surface area contributed by atoms with Crippen molar-refractivity contribution in [2.45, 2.75) is 65.0 Å². The van der Waals surface area contributed by atoms with E-state index in [4.69, 9.17) is 9.84 Å². The zero-order valence-corrected chi connectivity index (χ0v) is 13.8. The molecule has 4 heteroatoms. The molecule has 1 fully saturated rings. The van der Waals surface area contributed by atoms with Crippen LogP contribution in [-0.4, -0.2) is 35.6 Å². The molecule has 0 bridgehead atoms. The highest BCUT2D eigenvalue weighted by Gasteiger charge is 2.26. The molecule has 0 saturated carbocycles. The van der Waals surface area contributed by atoms with E-state index in [1.54, 1.807) is 0 Å². The van der Waals surface area contributed by atoms with Crippen LogP contribution >= 0.6 is 0 Å². The average Bonchev–Trinajstić information content (AvgIpc) is 3.16. The van der Waals surface area contributed by atoms with Gasteiger partial charge in [0, 0.05) is 31.2 Å². The summed E-state index contributed by atoms with van der Waals surface area (Å²) >= 11 is 0. The van der Waals surface area contributed by atoms with Crippen LogP contribution in [-0.2, 0) is 11.2 Å². The Kier molecular flexibility index (Phi) is 6.71. The molecule has 0 amide bonds. The fourth-order valence-electron chi connectivity index (χ4n) is 3.18. The maximum absolute atomic E-state index is 5.57. The molecular weight excluding hydrogens is 262 g/mol. The van der Waals surface area contributed by atoms with Crippen molar-refractivity contribution in [2.24, 2.45) is 5.92 Å². The molecule has 1 aromatic heterocycles. The summed E-state index contributed by atoms with van der Waals surface area (Å²) in [4.78, 5) is 0. The summed E-state index contributed by atoms with van der Waals surface area (Å²) < 4.78 is 7.72. The van der Waals surface area contributed by atoms with E-state index in [1.165, 1.54) is 18.5 Å². The molecule has 2 rings (SSSR count). The van der Waals surface area contributed by atoms with Gasteiger partial charge in [-0.05, 0) is 38.3 Å². The second-order valence-corrected chi connectivity index (χ2v) is 6.15. The van der Waals surface area contributed by atoms with E-state index in [0.29, 0.717) is 18.0 Å². The first-order valence-electron chi connectivity index (χ1n) is 8.63. The lowest BCUT2D eigenvalue weighted by Crippen LogP contribution is -2.39. The van der Waals surface area contributed by atoms with Gasteiger partial charge in [0.05, 0.1) is 18.3 Å². The van der Waals surface area contributed by atoms with Crippen molar-refractivity contribution in [3.8, 4) is 0 Å². The molecular formula is C17H31N3O. The fraction of sp³-hybridized carbons (Fsp3) is 0.824. The normalized spacial score (nSPS) is 20.3. The lowest BCUT2D eigenvalue weighted by molar-refractivity contribution is 0.176. The molecule has 0 aromatic carbocycles. The fourth-order valence-corrected chi connectivity index (χ4v) is 3.18. The third kappa shape index (κ3) is 4.55. The molecule has 21 heavy (non-hydrogen) atoms. The number of hydrogen-bond donors (Lipinski definition) is 1. The highest BCUT2D eigenvalue weighted by molar-refractivity contribution is 5.03. The first kappa shape index (κ1) is 16.5. The lowest BCUT2D eigenvalue weighted by Gasteiger charge is -2.23. The highest BCUT2D eigenvalue weighted by atomic mass is 16.5. The monoisotopic (exact) mass is 293 g/mol. The first-order chi connectivity index (χ1) is 10.3. The Labute approximate surface area is 129 Å². The predicted octanol–water partition coefficient (Wildman–Crippen LogP) is 3.19. The maximum atomic E-state index is 5.57. The van der Waals surface area contributed by atoms with E-state index < -0.39 is 0 Å². The first-order valence-corrected chi connectivity index (χ1v) is 8.63. The Morgan fingerprint density at radius 1 is 1.38 bits per heavy atom. The van der Waals surface area contributed by atoms with Crippen LogP contribution in [0, 0.1) is 5.92 Å². The Balaban J connectivity index is 1.98. The third-order valence-electron chi connectivity index (χ3n) is 4.60. The Morgan fingerprint density at radius 2 is 2.19 bits per heavy atom. The van der Waals surface area contributed by atoms with E-state index in [9.17, 15) is 0 Å². The number of nitrogens with zero attached hydrogens (tertiary/aromatic N) is 2. The van der Waals surface area contributed by atoms with Gasteiger partial charge in [0.1, 0.15) is 0 Å². The third-order valence-corrected chi connectivity index (χ3v) is 4.60. The van der Waals surface area contributed by atoms with E-state index >= 15 is 0 Å². The minimum absolute atomic E-state index is 0.498. The van der Waals surface area contributed by atoms with Crippen LogP contribution in [0.25, 0.3) is 0 Å². The van der Waals surface area contributed by atoms with Crippen molar-refractivity contribution < 1.29 is 4.74 Å². The Morgan fingerprint density at radius 3 is 2.81 bits per heavy atom. The summed E-state index contributed by atoms with van der Waals surface area (Å²) in [5.74, 6) is 0.634. The number of nitrogens with one attached hydrogen (secondary N) is 1. The molecule has 0 aliphatic carbocycles. The zero-order chi connectivity index (χ0) is 15.1. The molecule has 4 nitrogen and oxygen atoms in total. The molecule has 2 atom stereocenters. The van der Waals surface area contributed by atoms with Gasteiger partial charge in [0.15, 0.2) is 0 Å². The summed E-state index contributed by atoms with van der Waals surface area (Å²) in [7, 11) is 0. The van der Waals surface area contributed by atoms with E-state index in [1.807, 2.05) is 0 Å². The summed E-state index contributed by atoms with van der Waals surface area (Å²) in [5.41, 5.74) is 1.21. The largest absolute Gasteiger partial charge is 0.381 e. The molecule has 1 aromatic rings. The topological polar surface area (TPSA) is 39.1 Å². The molecule has 0 spiro atoms. The number of ether oxygens (including phenoxy) is 1. The van der Waals surface area contributed by atoms with Crippen molar-refractivity contribution in [1.29, 1.82) is 0 Å². The van der Waals surface area contributed by atoms with Gasteiger partial charge in [0.2, 0.25) is 0 Å². The molecule has 2 heterocycles. The van der Waals surface area contributed by atoms with Crippen LogP contribution in [0.3, 0.4) is 0 Å². The van der Waals surface area contributed by atoms with E-state index in [0.717, 1.165) is 39.0 Å². The van der Waals surface area contributed by atoms with Gasteiger partial charge in [-0.1, -0.05) is 20.8 Å². The van der Waals surface area contributed by atoms with Gasteiger partial charge in [-0.25, -0.2) is 0 Å². The number of aromatic nitrogens is 2. The highest BCUT2D eigenvalue weighted by Crippen LogP contribution is 2.21. The minimum atomic E-state index is 0.498. The SMILES string of the molecule is CCCNC(Cc1ccn(C(CC)CC)n1)C1CCOC1. The quantitative estimate of drug-likeness (QED) is 0.760. The molecule has 1 aliphatic heterocycles. The second kappa shape index (κ2) is 8.54. The Hall–Kier alpha value is -0.870. The van der Waals surface area contributed by atoms with Crippen LogP contribution in [0.15, 0.2) is 12.3 Å². The second-order valence-electron chi connectivity index (χ2n) is 6.15. The number of rotatable bonds is 9. The molecule has 2 unspecified atom stereocenters.